The number of hydrogen-bond donors (Lipinski definition) is 2. The molecule has 2 fully saturated rings. The van der Waals surface area contributed by atoms with Crippen LogP contribution in [0.15, 0.2) is 43.0 Å². The van der Waals surface area contributed by atoms with Crippen molar-refractivity contribution in [3.63, 3.8) is 0 Å². The highest BCUT2D eigenvalue weighted by atomic mass is 31.1. The normalized spacial score (nSPS) is 20.7. The molecule has 220 valence electrons. The Labute approximate surface area is 238 Å². The van der Waals surface area contributed by atoms with Gasteiger partial charge in [-0.2, -0.15) is 0 Å². The van der Waals surface area contributed by atoms with Crippen LogP contribution in [-0.2, 0) is 18.8 Å². The molecule has 2 aliphatic rings. The first-order chi connectivity index (χ1) is 19.4. The topological polar surface area (TPSA) is 150 Å². The third-order valence-corrected chi connectivity index (χ3v) is 7.38. The van der Waals surface area contributed by atoms with E-state index in [0.29, 0.717) is 17.0 Å². The molecule has 11 nitrogen and oxygen atoms in total. The van der Waals surface area contributed by atoms with Crippen molar-refractivity contribution in [1.82, 2.24) is 19.5 Å². The number of ether oxygens (including phenoxy) is 2. The monoisotopic (exact) mass is 574 g/mol. The number of benzene rings is 1. The molecule has 1 aliphatic heterocycles. The summed E-state index contributed by atoms with van der Waals surface area (Å²) in [5.74, 6) is 0.909. The van der Waals surface area contributed by atoms with Gasteiger partial charge in [-0.05, 0) is 64.5 Å². The number of rotatable bonds is 8. The fourth-order valence-corrected chi connectivity index (χ4v) is 5.03. The van der Waals surface area contributed by atoms with E-state index < -0.39 is 6.04 Å². The zero-order chi connectivity index (χ0) is 28.9. The van der Waals surface area contributed by atoms with Crippen LogP contribution < -0.4 is 16.0 Å². The number of hydrogen-bond acceptors (Lipinski definition) is 10. The van der Waals surface area contributed by atoms with E-state index in [1.54, 1.807) is 13.3 Å². The van der Waals surface area contributed by atoms with Crippen molar-refractivity contribution >= 4 is 32.0 Å². The maximum atomic E-state index is 11.1. The molecule has 0 amide bonds. The van der Waals surface area contributed by atoms with Crippen LogP contribution in [0.1, 0.15) is 78.9 Å². The fourth-order valence-electron chi connectivity index (χ4n) is 4.44. The van der Waals surface area contributed by atoms with Crippen LogP contribution in [0.5, 0.6) is 5.75 Å². The van der Waals surface area contributed by atoms with E-state index in [-0.39, 0.29) is 39.5 Å². The lowest BCUT2D eigenvalue weighted by Crippen LogP contribution is -2.32. The Kier molecular flexibility index (Phi) is 13.0. The number of nitrogen functional groups attached to an aromatic ring is 1. The molecule has 5 atom stereocenters. The average molecular weight is 575 g/mol. The molecule has 4 N–H and O–H groups in total. The van der Waals surface area contributed by atoms with Crippen LogP contribution >= 0.6 is 9.03 Å². The number of carbonyl (C=O) groups excluding carboxylic acids is 1. The van der Waals surface area contributed by atoms with Gasteiger partial charge in [0.2, 0.25) is 9.03 Å². The standard InChI is InChI=1S/C17H20N5O3P.C9H17NO2.C2H6/c1-11(24-26-25-12-5-3-2-4-6-12)13-7-8-14(23-13)22-10-21-15-16(18)19-9-20-17(15)22;1-7(10)9(11)12-8-5-3-2-4-6-8;1-2/h2-6,9-11,13-14,26H,7-8H2,1H3,(H2,18,19,20);7-8H,2-6,10H2,1H3;1-2H3. The van der Waals surface area contributed by atoms with Crippen molar-refractivity contribution in [1.29, 1.82) is 0 Å². The third-order valence-electron chi connectivity index (χ3n) is 6.59. The van der Waals surface area contributed by atoms with Crippen LogP contribution in [0.25, 0.3) is 11.2 Å². The molecule has 1 aliphatic carbocycles. The number of imidazole rings is 1. The maximum Gasteiger partial charge on any atom is 0.322 e. The molecule has 12 heteroatoms. The SMILES string of the molecule is CC.CC(N)C(=O)OC1CCCCC1.CC(OPOc1ccccc1)C1CCC(n2cnc3c(N)ncnc32)O1. The Morgan fingerprint density at radius 3 is 2.48 bits per heavy atom. The lowest BCUT2D eigenvalue weighted by molar-refractivity contribution is -0.151. The summed E-state index contributed by atoms with van der Waals surface area (Å²) in [6.07, 6.45) is 10.5. The van der Waals surface area contributed by atoms with Gasteiger partial charge in [0.1, 0.15) is 36.0 Å². The number of carbonyl (C=O) groups is 1. The molecule has 0 spiro atoms. The Morgan fingerprint density at radius 1 is 1.05 bits per heavy atom. The Morgan fingerprint density at radius 2 is 1.77 bits per heavy atom. The average Bonchev–Trinajstić information content (AvgIpc) is 3.64. The number of para-hydroxylation sites is 1. The first-order valence-corrected chi connectivity index (χ1v) is 14.9. The molecule has 40 heavy (non-hydrogen) atoms. The van der Waals surface area contributed by atoms with Crippen LogP contribution in [0.4, 0.5) is 5.82 Å². The molecule has 5 unspecified atom stereocenters. The zero-order valence-electron chi connectivity index (χ0n) is 23.9. The molecule has 1 saturated carbocycles. The number of aromatic nitrogens is 4. The molecule has 0 bridgehead atoms. The minimum atomic E-state index is -0.480. The second-order valence-electron chi connectivity index (χ2n) is 9.60. The Balaban J connectivity index is 0.000000265. The van der Waals surface area contributed by atoms with E-state index in [1.165, 1.54) is 25.6 Å². The van der Waals surface area contributed by atoms with Crippen molar-refractivity contribution in [2.75, 3.05) is 5.73 Å². The largest absolute Gasteiger partial charge is 0.461 e. The summed E-state index contributed by atoms with van der Waals surface area (Å²) in [5, 5.41) is 0. The summed E-state index contributed by atoms with van der Waals surface area (Å²) >= 11 is 0. The maximum absolute atomic E-state index is 11.1. The van der Waals surface area contributed by atoms with Crippen molar-refractivity contribution in [2.24, 2.45) is 5.73 Å². The Bertz CT molecular complexity index is 1160. The highest BCUT2D eigenvalue weighted by Crippen LogP contribution is 2.35. The smallest absolute Gasteiger partial charge is 0.322 e. The van der Waals surface area contributed by atoms with Gasteiger partial charge in [-0.15, -0.1) is 0 Å². The van der Waals surface area contributed by atoms with Gasteiger partial charge in [0.25, 0.3) is 0 Å². The summed E-state index contributed by atoms with van der Waals surface area (Å²) in [6.45, 7) is 7.66. The van der Waals surface area contributed by atoms with E-state index in [0.717, 1.165) is 31.4 Å². The highest BCUT2D eigenvalue weighted by molar-refractivity contribution is 7.26. The highest BCUT2D eigenvalue weighted by Gasteiger charge is 2.32. The minimum absolute atomic E-state index is 0.0106. The second-order valence-corrected chi connectivity index (χ2v) is 10.2. The van der Waals surface area contributed by atoms with Crippen LogP contribution in [0, 0.1) is 0 Å². The zero-order valence-corrected chi connectivity index (χ0v) is 24.9. The van der Waals surface area contributed by atoms with E-state index in [2.05, 4.69) is 15.0 Å². The molecule has 1 saturated heterocycles. The van der Waals surface area contributed by atoms with Gasteiger partial charge in [0.15, 0.2) is 11.5 Å². The van der Waals surface area contributed by atoms with Crippen LogP contribution in [0.3, 0.4) is 0 Å². The molecule has 0 radical (unpaired) electrons. The lowest BCUT2D eigenvalue weighted by atomic mass is 9.98. The molecule has 2 aromatic heterocycles. The molecule has 3 heterocycles. The summed E-state index contributed by atoms with van der Waals surface area (Å²) < 4.78 is 24.7. The number of nitrogens with two attached hydrogens (primary N) is 2. The lowest BCUT2D eigenvalue weighted by Gasteiger charge is -2.22. The van der Waals surface area contributed by atoms with Gasteiger partial charge >= 0.3 is 5.97 Å². The van der Waals surface area contributed by atoms with Crippen molar-refractivity contribution in [3.05, 3.63) is 43.0 Å². The van der Waals surface area contributed by atoms with Crippen molar-refractivity contribution in [2.45, 2.75) is 103 Å². The summed E-state index contributed by atoms with van der Waals surface area (Å²) in [4.78, 5) is 23.6. The molecule has 1 aromatic carbocycles. The number of fused-ring (bicyclic) bond motifs is 1. The number of nitrogens with zero attached hydrogens (tertiary/aromatic N) is 4. The van der Waals surface area contributed by atoms with E-state index in [1.807, 2.05) is 55.7 Å². The summed E-state index contributed by atoms with van der Waals surface area (Å²) in [5.41, 5.74) is 12.5. The molecule has 5 rings (SSSR count). The summed E-state index contributed by atoms with van der Waals surface area (Å²) in [7, 11) is -0.0721. The van der Waals surface area contributed by atoms with E-state index >= 15 is 0 Å². The summed E-state index contributed by atoms with van der Waals surface area (Å²) in [6, 6.07) is 9.14. The molecule has 3 aromatic rings. The number of anilines is 1. The van der Waals surface area contributed by atoms with Crippen molar-refractivity contribution < 1.29 is 23.3 Å². The second kappa shape index (κ2) is 16.4. The van der Waals surface area contributed by atoms with Gasteiger partial charge in [-0.1, -0.05) is 38.5 Å². The number of esters is 1. The van der Waals surface area contributed by atoms with Gasteiger partial charge in [0.05, 0.1) is 18.5 Å². The molecular weight excluding hydrogens is 531 g/mol. The molecular formula is C28H43N6O5P. The van der Waals surface area contributed by atoms with Gasteiger partial charge < -0.3 is 30.0 Å². The third kappa shape index (κ3) is 9.09. The predicted molar refractivity (Wildman–Crippen MR) is 157 cm³/mol. The van der Waals surface area contributed by atoms with E-state index in [4.69, 9.17) is 30.0 Å². The predicted octanol–water partition coefficient (Wildman–Crippen LogP) is 5.31. The van der Waals surface area contributed by atoms with Crippen LogP contribution in [0.2, 0.25) is 0 Å². The van der Waals surface area contributed by atoms with Gasteiger partial charge in [-0.3, -0.25) is 9.36 Å². The first kappa shape index (κ1) is 31.7. The quantitative estimate of drug-likeness (QED) is 0.267. The first-order valence-electron chi connectivity index (χ1n) is 14.1. The van der Waals surface area contributed by atoms with Crippen LogP contribution in [-0.4, -0.2) is 49.8 Å². The fraction of sp³-hybridized carbons (Fsp3) is 0.571. The van der Waals surface area contributed by atoms with Gasteiger partial charge in [0, 0.05) is 0 Å². The minimum Gasteiger partial charge on any atom is -0.461 e. The van der Waals surface area contributed by atoms with Gasteiger partial charge in [-0.25, -0.2) is 15.0 Å². The van der Waals surface area contributed by atoms with E-state index in [9.17, 15) is 4.79 Å². The Hall–Kier alpha value is -2.85. The van der Waals surface area contributed by atoms with Crippen molar-refractivity contribution in [3.8, 4) is 5.75 Å².